The normalized spacial score (nSPS) is 11.7. The van der Waals surface area contributed by atoms with Crippen LogP contribution in [0.3, 0.4) is 0 Å². The highest BCUT2D eigenvalue weighted by molar-refractivity contribution is 9.10. The number of hydrogen-bond donors (Lipinski definition) is 0. The summed E-state index contributed by atoms with van der Waals surface area (Å²) in [5.41, 5.74) is 0.594. The number of carbonyl (C=O) groups excluding carboxylic acids is 2. The molecule has 0 N–H and O–H groups in total. The summed E-state index contributed by atoms with van der Waals surface area (Å²) in [6.45, 7) is 1.62. The van der Waals surface area contributed by atoms with Crippen molar-refractivity contribution < 1.29 is 19.2 Å². The average molecular weight is 330 g/mol. The van der Waals surface area contributed by atoms with Crippen LogP contribution in [0.5, 0.6) is 0 Å². The highest BCUT2D eigenvalue weighted by atomic mass is 79.9. The maximum Gasteiger partial charge on any atom is 0.313 e. The summed E-state index contributed by atoms with van der Waals surface area (Å²) >= 11 is 3.06. The molecule has 0 aliphatic heterocycles. The van der Waals surface area contributed by atoms with Crippen LogP contribution in [0.15, 0.2) is 24.3 Å². The van der Waals surface area contributed by atoms with E-state index >= 15 is 0 Å². The molecule has 0 saturated carbocycles. The maximum absolute atomic E-state index is 11.3. The minimum atomic E-state index is -0.616. The molecule has 0 aliphatic carbocycles. The fourth-order valence-corrected chi connectivity index (χ4v) is 1.37. The molecule has 0 fully saturated rings. The van der Waals surface area contributed by atoms with Crippen molar-refractivity contribution in [3.05, 3.63) is 39.9 Å². The summed E-state index contributed by atoms with van der Waals surface area (Å²) in [5, 5.41) is 10.4. The molecular weight excluding hydrogens is 318 g/mol. The van der Waals surface area contributed by atoms with E-state index in [1.54, 1.807) is 6.92 Å². The number of nitro benzene ring substituents is 1. The molecule has 0 heterocycles. The Morgan fingerprint density at radius 3 is 2.42 bits per heavy atom. The van der Waals surface area contributed by atoms with Crippen molar-refractivity contribution in [1.82, 2.24) is 0 Å². The molecule has 0 spiro atoms. The summed E-state index contributed by atoms with van der Waals surface area (Å²) < 4.78 is 4.90. The Labute approximate surface area is 118 Å². The van der Waals surface area contributed by atoms with Crippen LogP contribution in [0, 0.1) is 10.1 Å². The third-order valence-electron chi connectivity index (χ3n) is 2.31. The van der Waals surface area contributed by atoms with E-state index in [-0.39, 0.29) is 29.3 Å². The Kier molecular flexibility index (Phi) is 5.62. The van der Waals surface area contributed by atoms with Gasteiger partial charge < -0.3 is 4.74 Å². The predicted octanol–water partition coefficient (Wildman–Crippen LogP) is 2.38. The average Bonchev–Trinajstić information content (AvgIpc) is 2.36. The molecule has 0 aromatic heterocycles. The molecule has 0 radical (unpaired) electrons. The Balaban J connectivity index is 2.46. The maximum atomic E-state index is 11.3. The number of alkyl halides is 1. The topological polar surface area (TPSA) is 86.5 Å². The lowest BCUT2D eigenvalue weighted by molar-refractivity contribution is -0.384. The minimum absolute atomic E-state index is 0.0131. The van der Waals surface area contributed by atoms with E-state index in [0.29, 0.717) is 5.56 Å². The lowest BCUT2D eigenvalue weighted by Crippen LogP contribution is -2.16. The first-order chi connectivity index (χ1) is 8.90. The smallest absolute Gasteiger partial charge is 0.313 e. The number of hydrogen-bond acceptors (Lipinski definition) is 5. The summed E-state index contributed by atoms with van der Waals surface area (Å²) in [5.74, 6) is -0.872. The van der Waals surface area contributed by atoms with Gasteiger partial charge in [0, 0.05) is 12.1 Å². The van der Waals surface area contributed by atoms with Gasteiger partial charge in [-0.3, -0.25) is 19.7 Å². The van der Waals surface area contributed by atoms with Crippen LogP contribution in [0.1, 0.15) is 18.9 Å². The minimum Gasteiger partial charge on any atom is -0.460 e. The summed E-state index contributed by atoms with van der Waals surface area (Å²) in [4.78, 5) is 32.1. The van der Waals surface area contributed by atoms with Crippen LogP contribution in [0.4, 0.5) is 5.69 Å². The van der Waals surface area contributed by atoms with Gasteiger partial charge in [-0.1, -0.05) is 15.9 Å². The van der Waals surface area contributed by atoms with E-state index in [1.165, 1.54) is 24.3 Å². The number of Topliss-reactive ketones (excluding diaryl/α,β-unsaturated/α-hetero) is 1. The molecule has 1 rings (SSSR count). The van der Waals surface area contributed by atoms with Crippen LogP contribution in [0.2, 0.25) is 0 Å². The van der Waals surface area contributed by atoms with E-state index in [1.807, 2.05) is 0 Å². The van der Waals surface area contributed by atoms with Crippen molar-refractivity contribution in [3.63, 3.8) is 0 Å². The Hall–Kier alpha value is -1.76. The van der Waals surface area contributed by atoms with Gasteiger partial charge in [-0.05, 0) is 24.6 Å². The zero-order valence-corrected chi connectivity index (χ0v) is 11.8. The van der Waals surface area contributed by atoms with Crippen molar-refractivity contribution in [2.75, 3.05) is 0 Å². The number of esters is 1. The second kappa shape index (κ2) is 6.98. The summed E-state index contributed by atoms with van der Waals surface area (Å²) in [6.07, 6.45) is -0.292. The van der Waals surface area contributed by atoms with E-state index in [4.69, 9.17) is 4.74 Å². The molecule has 0 bridgehead atoms. The number of benzene rings is 1. The first-order valence-corrected chi connectivity index (χ1v) is 6.37. The van der Waals surface area contributed by atoms with Gasteiger partial charge in [0.15, 0.2) is 5.78 Å². The summed E-state index contributed by atoms with van der Waals surface area (Å²) in [6, 6.07) is 5.66. The fourth-order valence-electron chi connectivity index (χ4n) is 1.21. The fraction of sp³-hybridized carbons (Fsp3) is 0.333. The first-order valence-electron chi connectivity index (χ1n) is 5.46. The highest BCUT2D eigenvalue weighted by Crippen LogP contribution is 2.13. The number of carbonyl (C=O) groups is 2. The molecule has 1 unspecified atom stereocenters. The molecule has 0 amide bonds. The van der Waals surface area contributed by atoms with Crippen LogP contribution in [-0.4, -0.2) is 21.5 Å². The van der Waals surface area contributed by atoms with Gasteiger partial charge in [-0.2, -0.15) is 0 Å². The lowest BCUT2D eigenvalue weighted by Gasteiger charge is -2.05. The highest BCUT2D eigenvalue weighted by Gasteiger charge is 2.15. The Morgan fingerprint density at radius 1 is 1.37 bits per heavy atom. The quantitative estimate of drug-likeness (QED) is 0.263. The molecular formula is C12H12BrNO5. The Morgan fingerprint density at radius 2 is 1.95 bits per heavy atom. The monoisotopic (exact) mass is 329 g/mol. The van der Waals surface area contributed by atoms with Gasteiger partial charge >= 0.3 is 5.97 Å². The molecule has 1 atom stereocenters. The van der Waals surface area contributed by atoms with Crippen molar-refractivity contribution in [2.45, 2.75) is 24.8 Å². The van der Waals surface area contributed by atoms with Crippen molar-refractivity contribution in [1.29, 1.82) is 0 Å². The third-order valence-corrected chi connectivity index (χ3v) is 2.82. The number of non-ortho nitro benzene ring substituents is 1. The van der Waals surface area contributed by atoms with E-state index < -0.39 is 10.9 Å². The number of rotatable bonds is 6. The van der Waals surface area contributed by atoms with Gasteiger partial charge in [-0.15, -0.1) is 0 Å². The van der Waals surface area contributed by atoms with Gasteiger partial charge in [0.25, 0.3) is 5.69 Å². The molecule has 6 nitrogen and oxygen atoms in total. The van der Waals surface area contributed by atoms with Crippen molar-refractivity contribution >= 4 is 33.4 Å². The van der Waals surface area contributed by atoms with Gasteiger partial charge in [-0.25, -0.2) is 0 Å². The zero-order chi connectivity index (χ0) is 14.4. The Bertz CT molecular complexity index is 483. The zero-order valence-electron chi connectivity index (χ0n) is 10.2. The largest absolute Gasteiger partial charge is 0.460 e. The van der Waals surface area contributed by atoms with Gasteiger partial charge in [0.1, 0.15) is 13.0 Å². The molecule has 102 valence electrons. The lowest BCUT2D eigenvalue weighted by atomic mass is 10.2. The number of nitro groups is 1. The molecule has 1 aromatic rings. The van der Waals surface area contributed by atoms with Crippen LogP contribution in [0.25, 0.3) is 0 Å². The van der Waals surface area contributed by atoms with E-state index in [9.17, 15) is 19.7 Å². The molecule has 19 heavy (non-hydrogen) atoms. The number of ketones is 1. The second-order valence-electron chi connectivity index (χ2n) is 3.84. The molecule has 7 heteroatoms. The van der Waals surface area contributed by atoms with Gasteiger partial charge in [0.05, 0.1) is 9.75 Å². The van der Waals surface area contributed by atoms with Crippen LogP contribution < -0.4 is 0 Å². The third kappa shape index (κ3) is 5.17. The standard InChI is InChI=1S/C12H12BrNO5/c1-8(13)11(15)6-12(16)19-7-9-2-4-10(5-3-9)14(17)18/h2-5,8H,6-7H2,1H3. The first kappa shape index (κ1) is 15.3. The number of halogens is 1. The van der Waals surface area contributed by atoms with Crippen molar-refractivity contribution in [3.8, 4) is 0 Å². The van der Waals surface area contributed by atoms with Gasteiger partial charge in [0.2, 0.25) is 0 Å². The SMILES string of the molecule is CC(Br)C(=O)CC(=O)OCc1ccc([N+](=O)[O-])cc1. The van der Waals surface area contributed by atoms with E-state index in [0.717, 1.165) is 0 Å². The van der Waals surface area contributed by atoms with Crippen LogP contribution in [-0.2, 0) is 20.9 Å². The number of ether oxygens (including phenoxy) is 1. The number of nitrogens with zero attached hydrogens (tertiary/aromatic N) is 1. The predicted molar refractivity (Wildman–Crippen MR) is 70.9 cm³/mol. The van der Waals surface area contributed by atoms with E-state index in [2.05, 4.69) is 15.9 Å². The van der Waals surface area contributed by atoms with Crippen molar-refractivity contribution in [2.24, 2.45) is 0 Å². The second-order valence-corrected chi connectivity index (χ2v) is 5.22. The van der Waals surface area contributed by atoms with Crippen LogP contribution >= 0.6 is 15.9 Å². The molecule has 0 saturated heterocycles. The summed E-state index contributed by atoms with van der Waals surface area (Å²) in [7, 11) is 0. The molecule has 1 aromatic carbocycles. The molecule has 0 aliphatic rings.